The summed E-state index contributed by atoms with van der Waals surface area (Å²) in [5.74, 6) is 0.908. The van der Waals surface area contributed by atoms with Gasteiger partial charge in [0.15, 0.2) is 5.96 Å². The van der Waals surface area contributed by atoms with Gasteiger partial charge >= 0.3 is 0 Å². The summed E-state index contributed by atoms with van der Waals surface area (Å²) in [6.45, 7) is 4.81. The van der Waals surface area contributed by atoms with Crippen LogP contribution in [0.5, 0.6) is 0 Å². The van der Waals surface area contributed by atoms with E-state index in [1.807, 2.05) is 11.3 Å². The second kappa shape index (κ2) is 8.38. The Hall–Kier alpha value is -1.08. The molecule has 0 radical (unpaired) electrons. The van der Waals surface area contributed by atoms with Gasteiger partial charge in [-0.2, -0.15) is 0 Å². The van der Waals surface area contributed by atoms with Crippen LogP contribution in [0.15, 0.2) is 17.1 Å². The van der Waals surface area contributed by atoms with E-state index < -0.39 is 9.84 Å². The molecule has 0 aliphatic heterocycles. The van der Waals surface area contributed by atoms with E-state index in [0.29, 0.717) is 18.9 Å². The van der Waals surface area contributed by atoms with Gasteiger partial charge in [-0.3, -0.25) is 4.99 Å². The second-order valence-electron chi connectivity index (χ2n) is 5.24. The van der Waals surface area contributed by atoms with Gasteiger partial charge < -0.3 is 10.6 Å². The molecule has 2 N–H and O–H groups in total. The highest BCUT2D eigenvalue weighted by Gasteiger charge is 2.08. The fourth-order valence-corrected chi connectivity index (χ4v) is 3.60. The van der Waals surface area contributed by atoms with E-state index in [2.05, 4.69) is 41.6 Å². The number of hydrogen-bond donors (Lipinski definition) is 2. The third kappa shape index (κ3) is 8.06. The molecule has 0 aromatic carbocycles. The van der Waals surface area contributed by atoms with E-state index in [-0.39, 0.29) is 11.8 Å². The molecule has 0 amide bonds. The Bertz CT molecular complexity index is 565. The van der Waals surface area contributed by atoms with Gasteiger partial charge in [0.2, 0.25) is 0 Å². The standard InChI is InChI=1S/C14H25N3O2S2/c1-11(10-13-7-6-12(2)20-13)17-14(15-3)16-8-5-9-21(4,18)19/h6-7,11H,5,8-10H2,1-4H3,(H2,15,16,17). The fourth-order valence-electron chi connectivity index (χ4n) is 1.92. The zero-order valence-electron chi connectivity index (χ0n) is 13.1. The highest BCUT2D eigenvalue weighted by molar-refractivity contribution is 7.90. The molecule has 5 nitrogen and oxygen atoms in total. The van der Waals surface area contributed by atoms with E-state index in [1.165, 1.54) is 16.0 Å². The molecule has 21 heavy (non-hydrogen) atoms. The van der Waals surface area contributed by atoms with Crippen molar-refractivity contribution in [1.29, 1.82) is 0 Å². The number of nitrogens with zero attached hydrogens (tertiary/aromatic N) is 1. The van der Waals surface area contributed by atoms with E-state index in [1.54, 1.807) is 7.05 Å². The molecule has 0 fully saturated rings. The van der Waals surface area contributed by atoms with E-state index >= 15 is 0 Å². The molecular weight excluding hydrogens is 306 g/mol. The average Bonchev–Trinajstić information content (AvgIpc) is 2.77. The first-order valence-corrected chi connectivity index (χ1v) is 9.88. The van der Waals surface area contributed by atoms with Crippen molar-refractivity contribution < 1.29 is 8.42 Å². The summed E-state index contributed by atoms with van der Waals surface area (Å²) in [6, 6.07) is 4.55. The molecule has 0 aliphatic rings. The largest absolute Gasteiger partial charge is 0.356 e. The van der Waals surface area contributed by atoms with Crippen LogP contribution in [0.4, 0.5) is 0 Å². The summed E-state index contributed by atoms with van der Waals surface area (Å²) >= 11 is 1.81. The Morgan fingerprint density at radius 3 is 2.67 bits per heavy atom. The summed E-state index contributed by atoms with van der Waals surface area (Å²) in [6.07, 6.45) is 2.78. The van der Waals surface area contributed by atoms with Crippen LogP contribution in [0, 0.1) is 6.92 Å². The molecule has 1 atom stereocenters. The van der Waals surface area contributed by atoms with Gasteiger partial charge in [-0.25, -0.2) is 8.42 Å². The van der Waals surface area contributed by atoms with Crippen molar-refractivity contribution >= 4 is 27.1 Å². The quantitative estimate of drug-likeness (QED) is 0.452. The highest BCUT2D eigenvalue weighted by atomic mass is 32.2. The minimum Gasteiger partial charge on any atom is -0.356 e. The number of aryl methyl sites for hydroxylation is 1. The minimum atomic E-state index is -2.89. The first-order valence-electron chi connectivity index (χ1n) is 7.00. The van der Waals surface area contributed by atoms with Crippen LogP contribution >= 0.6 is 11.3 Å². The van der Waals surface area contributed by atoms with Gasteiger partial charge in [0.1, 0.15) is 9.84 Å². The van der Waals surface area contributed by atoms with Crippen LogP contribution < -0.4 is 10.6 Å². The lowest BCUT2D eigenvalue weighted by molar-refractivity contribution is 0.597. The molecule has 1 rings (SSSR count). The third-order valence-electron chi connectivity index (χ3n) is 2.89. The summed E-state index contributed by atoms with van der Waals surface area (Å²) in [5, 5.41) is 6.46. The number of hydrogen-bond acceptors (Lipinski definition) is 4. The van der Waals surface area contributed by atoms with Gasteiger partial charge in [-0.05, 0) is 32.4 Å². The summed E-state index contributed by atoms with van der Waals surface area (Å²) < 4.78 is 22.1. The molecule has 0 aliphatic carbocycles. The van der Waals surface area contributed by atoms with E-state index in [0.717, 1.165) is 6.42 Å². The number of thiophene rings is 1. The van der Waals surface area contributed by atoms with Gasteiger partial charge in [-0.15, -0.1) is 11.3 Å². The number of aliphatic imine (C=N–C) groups is 1. The molecule has 0 saturated heterocycles. The van der Waals surface area contributed by atoms with Gasteiger partial charge in [0.05, 0.1) is 5.75 Å². The zero-order chi connectivity index (χ0) is 15.9. The average molecular weight is 332 g/mol. The third-order valence-corrected chi connectivity index (χ3v) is 4.95. The van der Waals surface area contributed by atoms with Crippen LogP contribution in [0.25, 0.3) is 0 Å². The molecule has 1 unspecified atom stereocenters. The van der Waals surface area contributed by atoms with Crippen LogP contribution in [0.3, 0.4) is 0 Å². The lowest BCUT2D eigenvalue weighted by Crippen LogP contribution is -2.43. The topological polar surface area (TPSA) is 70.6 Å². The first-order chi connectivity index (χ1) is 9.80. The number of rotatable bonds is 7. The van der Waals surface area contributed by atoms with Crippen molar-refractivity contribution in [2.75, 3.05) is 25.6 Å². The first kappa shape index (κ1) is 18.0. The van der Waals surface area contributed by atoms with Crippen LogP contribution in [0.1, 0.15) is 23.1 Å². The van der Waals surface area contributed by atoms with Crippen molar-refractivity contribution in [2.45, 2.75) is 32.7 Å². The SMILES string of the molecule is CN=C(NCCCS(C)(=O)=O)NC(C)Cc1ccc(C)s1. The summed E-state index contributed by atoms with van der Waals surface area (Å²) in [4.78, 5) is 6.82. The predicted molar refractivity (Wildman–Crippen MR) is 91.0 cm³/mol. The summed E-state index contributed by atoms with van der Waals surface area (Å²) in [5.41, 5.74) is 0. The predicted octanol–water partition coefficient (Wildman–Crippen LogP) is 1.59. The zero-order valence-corrected chi connectivity index (χ0v) is 14.8. The Labute approximate surface area is 131 Å². The number of nitrogens with one attached hydrogen (secondary N) is 2. The second-order valence-corrected chi connectivity index (χ2v) is 8.88. The highest BCUT2D eigenvalue weighted by Crippen LogP contribution is 2.16. The molecule has 1 aromatic rings. The molecule has 0 spiro atoms. The van der Waals surface area contributed by atoms with Gasteiger partial charge in [-0.1, -0.05) is 0 Å². The molecule has 7 heteroatoms. The van der Waals surface area contributed by atoms with Gasteiger partial charge in [0.25, 0.3) is 0 Å². The van der Waals surface area contributed by atoms with Crippen molar-refractivity contribution in [3.63, 3.8) is 0 Å². The maximum atomic E-state index is 11.1. The van der Waals surface area contributed by atoms with Crippen LogP contribution in [-0.2, 0) is 16.3 Å². The molecule has 0 bridgehead atoms. The van der Waals surface area contributed by atoms with Crippen molar-refractivity contribution in [3.05, 3.63) is 21.9 Å². The Balaban J connectivity index is 2.33. The normalized spacial score (nSPS) is 14.0. The number of guanidine groups is 1. The molecular formula is C14H25N3O2S2. The fraction of sp³-hybridized carbons (Fsp3) is 0.643. The number of sulfone groups is 1. The van der Waals surface area contributed by atoms with Crippen molar-refractivity contribution in [1.82, 2.24) is 10.6 Å². The monoisotopic (exact) mass is 331 g/mol. The minimum absolute atomic E-state index is 0.195. The Morgan fingerprint density at radius 1 is 1.43 bits per heavy atom. The smallest absolute Gasteiger partial charge is 0.191 e. The van der Waals surface area contributed by atoms with E-state index in [4.69, 9.17) is 0 Å². The maximum absolute atomic E-state index is 11.1. The van der Waals surface area contributed by atoms with Gasteiger partial charge in [0, 0.05) is 42.1 Å². The Kier molecular flexibility index (Phi) is 7.17. The van der Waals surface area contributed by atoms with Crippen molar-refractivity contribution in [3.8, 4) is 0 Å². The summed E-state index contributed by atoms with van der Waals surface area (Å²) in [7, 11) is -1.17. The molecule has 1 heterocycles. The van der Waals surface area contributed by atoms with Crippen LogP contribution in [0.2, 0.25) is 0 Å². The van der Waals surface area contributed by atoms with Crippen LogP contribution in [-0.4, -0.2) is 46.0 Å². The lowest BCUT2D eigenvalue weighted by Gasteiger charge is -2.17. The molecule has 0 saturated carbocycles. The van der Waals surface area contributed by atoms with E-state index in [9.17, 15) is 8.42 Å². The molecule has 1 aromatic heterocycles. The van der Waals surface area contributed by atoms with Crippen molar-refractivity contribution in [2.24, 2.45) is 4.99 Å². The molecule has 120 valence electrons. The lowest BCUT2D eigenvalue weighted by atomic mass is 10.2. The maximum Gasteiger partial charge on any atom is 0.191 e. The Morgan fingerprint density at radius 2 is 2.14 bits per heavy atom.